The second-order valence-corrected chi connectivity index (χ2v) is 5.54. The van der Waals surface area contributed by atoms with E-state index in [-0.39, 0.29) is 12.1 Å². The number of rotatable bonds is 3. The Balaban J connectivity index is 1.84. The van der Waals surface area contributed by atoms with Gasteiger partial charge < -0.3 is 4.90 Å². The molecule has 1 fully saturated rings. The van der Waals surface area contributed by atoms with Gasteiger partial charge in [-0.1, -0.05) is 11.6 Å². The number of aryl methyl sites for hydroxylation is 1. The Bertz CT molecular complexity index is 689. The first-order valence-electron chi connectivity index (χ1n) is 6.94. The molecule has 1 aliphatic rings. The molecule has 3 rings (SSSR count). The van der Waals surface area contributed by atoms with E-state index in [1.165, 1.54) is 17.5 Å². The van der Waals surface area contributed by atoms with Gasteiger partial charge >= 0.3 is 0 Å². The van der Waals surface area contributed by atoms with Crippen molar-refractivity contribution in [1.29, 1.82) is 0 Å². The highest BCUT2D eigenvalue weighted by molar-refractivity contribution is 6.29. The van der Waals surface area contributed by atoms with Crippen molar-refractivity contribution in [1.82, 2.24) is 19.7 Å². The van der Waals surface area contributed by atoms with Gasteiger partial charge in [0.25, 0.3) is 5.56 Å². The molecule has 6 nitrogen and oxygen atoms in total. The quantitative estimate of drug-likeness (QED) is 0.807. The molecule has 0 aliphatic carbocycles. The zero-order chi connectivity index (χ0) is 14.8. The minimum absolute atomic E-state index is 0.152. The van der Waals surface area contributed by atoms with Gasteiger partial charge in [-0.15, -0.1) is 0 Å². The maximum absolute atomic E-state index is 12.2. The van der Waals surface area contributed by atoms with Gasteiger partial charge in [0.15, 0.2) is 5.82 Å². The lowest BCUT2D eigenvalue weighted by Gasteiger charge is -2.16. The second kappa shape index (κ2) is 5.81. The summed E-state index contributed by atoms with van der Waals surface area (Å²) in [7, 11) is 0. The molecular formula is C14H16ClN5O. The summed E-state index contributed by atoms with van der Waals surface area (Å²) in [5.74, 6) is 0.489. The van der Waals surface area contributed by atoms with Crippen LogP contribution < -0.4 is 10.5 Å². The number of hydrogen-bond donors (Lipinski definition) is 0. The van der Waals surface area contributed by atoms with Crippen LogP contribution in [-0.2, 0) is 6.54 Å². The van der Waals surface area contributed by atoms with Crippen molar-refractivity contribution in [3.63, 3.8) is 0 Å². The van der Waals surface area contributed by atoms with Crippen molar-refractivity contribution < 1.29 is 0 Å². The van der Waals surface area contributed by atoms with E-state index in [0.29, 0.717) is 11.0 Å². The monoisotopic (exact) mass is 305 g/mol. The van der Waals surface area contributed by atoms with Gasteiger partial charge in [-0.25, -0.2) is 14.6 Å². The smallest absolute Gasteiger partial charge is 0.269 e. The molecule has 3 heterocycles. The molecule has 2 aromatic rings. The number of aromatic nitrogens is 4. The first-order valence-corrected chi connectivity index (χ1v) is 7.32. The molecule has 0 bridgehead atoms. The number of anilines is 1. The minimum Gasteiger partial charge on any atom is -0.370 e. The summed E-state index contributed by atoms with van der Waals surface area (Å²) in [6, 6.07) is 3.30. The Hall–Kier alpha value is -1.95. The van der Waals surface area contributed by atoms with Crippen LogP contribution in [0.4, 0.5) is 5.69 Å². The van der Waals surface area contributed by atoms with Crippen molar-refractivity contribution in [3.8, 4) is 0 Å². The summed E-state index contributed by atoms with van der Waals surface area (Å²) in [6.07, 6.45) is 4.06. The Morgan fingerprint density at radius 3 is 2.67 bits per heavy atom. The van der Waals surface area contributed by atoms with Crippen LogP contribution in [0.3, 0.4) is 0 Å². The summed E-state index contributed by atoms with van der Waals surface area (Å²) in [6.45, 7) is 4.04. The van der Waals surface area contributed by atoms with Gasteiger partial charge in [0.1, 0.15) is 11.7 Å². The highest BCUT2D eigenvalue weighted by atomic mass is 35.5. The van der Waals surface area contributed by atoms with Crippen LogP contribution >= 0.6 is 11.6 Å². The molecule has 0 N–H and O–H groups in total. The molecular weight excluding hydrogens is 290 g/mol. The van der Waals surface area contributed by atoms with Gasteiger partial charge in [0.05, 0.1) is 11.9 Å². The van der Waals surface area contributed by atoms with Gasteiger partial charge in [0, 0.05) is 24.8 Å². The number of hydrogen-bond acceptors (Lipinski definition) is 5. The van der Waals surface area contributed by atoms with E-state index in [1.54, 1.807) is 18.3 Å². The van der Waals surface area contributed by atoms with E-state index in [2.05, 4.69) is 20.0 Å². The van der Waals surface area contributed by atoms with Crippen molar-refractivity contribution in [2.24, 2.45) is 0 Å². The van der Waals surface area contributed by atoms with E-state index >= 15 is 0 Å². The Morgan fingerprint density at radius 2 is 2.00 bits per heavy atom. The van der Waals surface area contributed by atoms with Crippen LogP contribution in [0.15, 0.2) is 23.1 Å². The van der Waals surface area contributed by atoms with Crippen molar-refractivity contribution >= 4 is 17.3 Å². The molecule has 0 saturated carbocycles. The molecule has 0 radical (unpaired) electrons. The molecule has 0 atom stereocenters. The highest BCUT2D eigenvalue weighted by Gasteiger charge is 2.14. The van der Waals surface area contributed by atoms with Crippen LogP contribution in [0.5, 0.6) is 0 Å². The SMILES string of the molecule is Cc1cc(Cl)nc(Cn2ncc(N3CCCC3)cc2=O)n1. The van der Waals surface area contributed by atoms with E-state index < -0.39 is 0 Å². The summed E-state index contributed by atoms with van der Waals surface area (Å²) >= 11 is 5.90. The number of nitrogens with zero attached hydrogens (tertiary/aromatic N) is 5. The molecule has 1 saturated heterocycles. The first-order chi connectivity index (χ1) is 10.1. The van der Waals surface area contributed by atoms with Gasteiger partial charge in [0.2, 0.25) is 0 Å². The minimum atomic E-state index is -0.152. The second-order valence-electron chi connectivity index (χ2n) is 5.15. The Labute approximate surface area is 127 Å². The summed E-state index contributed by atoms with van der Waals surface area (Å²) < 4.78 is 1.35. The molecule has 0 amide bonds. The lowest BCUT2D eigenvalue weighted by molar-refractivity contribution is 0.611. The third-order valence-electron chi connectivity index (χ3n) is 3.49. The first kappa shape index (κ1) is 14.0. The highest BCUT2D eigenvalue weighted by Crippen LogP contribution is 2.16. The third kappa shape index (κ3) is 3.21. The summed E-state index contributed by atoms with van der Waals surface area (Å²) in [5, 5.41) is 4.59. The zero-order valence-electron chi connectivity index (χ0n) is 11.8. The molecule has 0 spiro atoms. The fraction of sp³-hybridized carbons (Fsp3) is 0.429. The average Bonchev–Trinajstić information content (AvgIpc) is 2.94. The maximum Gasteiger partial charge on any atom is 0.269 e. The van der Waals surface area contributed by atoms with Crippen LogP contribution in [0.2, 0.25) is 5.15 Å². The van der Waals surface area contributed by atoms with Crippen LogP contribution in [0.1, 0.15) is 24.4 Å². The molecule has 1 aliphatic heterocycles. The van der Waals surface area contributed by atoms with Crippen LogP contribution in [0.25, 0.3) is 0 Å². The van der Waals surface area contributed by atoms with Gasteiger partial charge in [-0.2, -0.15) is 5.10 Å². The third-order valence-corrected chi connectivity index (χ3v) is 3.68. The van der Waals surface area contributed by atoms with Gasteiger partial charge in [-0.3, -0.25) is 4.79 Å². The largest absolute Gasteiger partial charge is 0.370 e. The van der Waals surface area contributed by atoms with Crippen molar-refractivity contribution in [3.05, 3.63) is 45.4 Å². The zero-order valence-corrected chi connectivity index (χ0v) is 12.5. The van der Waals surface area contributed by atoms with Gasteiger partial charge in [-0.05, 0) is 25.8 Å². The molecule has 0 aromatic carbocycles. The Kier molecular flexibility index (Phi) is 3.88. The Morgan fingerprint density at radius 1 is 1.24 bits per heavy atom. The lowest BCUT2D eigenvalue weighted by Crippen LogP contribution is -2.27. The van der Waals surface area contributed by atoms with Crippen molar-refractivity contribution in [2.45, 2.75) is 26.3 Å². The fourth-order valence-corrected chi connectivity index (χ4v) is 2.74. The molecule has 0 unspecified atom stereocenters. The molecule has 7 heteroatoms. The molecule has 2 aromatic heterocycles. The van der Waals surface area contributed by atoms with E-state index in [4.69, 9.17) is 11.6 Å². The molecule has 21 heavy (non-hydrogen) atoms. The standard InChI is InChI=1S/C14H16ClN5O/c1-10-6-12(15)18-13(17-10)9-20-14(21)7-11(8-16-20)19-4-2-3-5-19/h6-8H,2-5,9H2,1H3. The summed E-state index contributed by atoms with van der Waals surface area (Å²) in [4.78, 5) is 22.7. The van der Waals surface area contributed by atoms with Crippen molar-refractivity contribution in [2.75, 3.05) is 18.0 Å². The normalized spacial score (nSPS) is 14.7. The topological polar surface area (TPSA) is 63.9 Å². The predicted molar refractivity (Wildman–Crippen MR) is 80.8 cm³/mol. The van der Waals surface area contributed by atoms with Crippen LogP contribution in [0, 0.1) is 6.92 Å². The molecule has 110 valence electrons. The maximum atomic E-state index is 12.2. The predicted octanol–water partition coefficient (Wildman–Crippen LogP) is 1.64. The fourth-order valence-electron chi connectivity index (χ4n) is 2.48. The lowest BCUT2D eigenvalue weighted by atomic mass is 10.4. The van der Waals surface area contributed by atoms with E-state index in [0.717, 1.165) is 24.5 Å². The number of halogens is 1. The van der Waals surface area contributed by atoms with E-state index in [1.807, 2.05) is 6.92 Å². The van der Waals surface area contributed by atoms with Crippen LogP contribution in [-0.4, -0.2) is 32.8 Å². The summed E-state index contributed by atoms with van der Waals surface area (Å²) in [5.41, 5.74) is 1.50. The van der Waals surface area contributed by atoms with E-state index in [9.17, 15) is 4.79 Å². The average molecular weight is 306 g/mol.